The van der Waals surface area contributed by atoms with Crippen molar-refractivity contribution in [1.29, 1.82) is 0 Å². The van der Waals surface area contributed by atoms with Gasteiger partial charge < -0.3 is 10.2 Å². The zero-order valence-corrected chi connectivity index (χ0v) is 19.4. The summed E-state index contributed by atoms with van der Waals surface area (Å²) in [5.41, 5.74) is 2.55. The highest BCUT2D eigenvalue weighted by atomic mass is 32.2. The highest BCUT2D eigenvalue weighted by molar-refractivity contribution is 7.89. The van der Waals surface area contributed by atoms with Crippen LogP contribution in [0.25, 0.3) is 10.9 Å². The summed E-state index contributed by atoms with van der Waals surface area (Å²) < 4.78 is 27.7. The van der Waals surface area contributed by atoms with Crippen molar-refractivity contribution in [2.75, 3.05) is 38.5 Å². The third kappa shape index (κ3) is 4.53. The Balaban J connectivity index is 1.63. The first kappa shape index (κ1) is 22.4. The molecular weight excluding hydrogens is 424 g/mol. The van der Waals surface area contributed by atoms with Gasteiger partial charge in [0.05, 0.1) is 16.0 Å². The number of pyridine rings is 1. The number of piperazine rings is 1. The van der Waals surface area contributed by atoms with Crippen LogP contribution >= 0.6 is 0 Å². The van der Waals surface area contributed by atoms with Gasteiger partial charge in [-0.1, -0.05) is 38.1 Å². The first-order chi connectivity index (χ1) is 15.3. The minimum Gasteiger partial charge on any atom is -0.322 e. The molecule has 1 amide bonds. The zero-order chi connectivity index (χ0) is 22.9. The van der Waals surface area contributed by atoms with Crippen LogP contribution in [-0.4, -0.2) is 61.7 Å². The number of carbonyl (C=O) groups excluding carboxylic acids is 1. The summed E-state index contributed by atoms with van der Waals surface area (Å²) in [6.07, 6.45) is 0. The molecule has 0 saturated carbocycles. The van der Waals surface area contributed by atoms with E-state index in [-0.39, 0.29) is 16.7 Å². The fourth-order valence-electron chi connectivity index (χ4n) is 3.79. The van der Waals surface area contributed by atoms with Gasteiger partial charge in [0.25, 0.3) is 5.91 Å². The van der Waals surface area contributed by atoms with E-state index in [2.05, 4.69) is 15.2 Å². The number of nitrogens with zero attached hydrogens (tertiary/aromatic N) is 3. The van der Waals surface area contributed by atoms with E-state index in [0.717, 1.165) is 16.6 Å². The quantitative estimate of drug-likeness (QED) is 0.640. The summed E-state index contributed by atoms with van der Waals surface area (Å²) >= 11 is 0. The number of rotatable bonds is 5. The third-order valence-electron chi connectivity index (χ3n) is 5.76. The summed E-state index contributed by atoms with van der Waals surface area (Å²) in [6.45, 7) is 6.37. The molecule has 0 atom stereocenters. The van der Waals surface area contributed by atoms with Crippen molar-refractivity contribution in [3.8, 4) is 0 Å². The number of sulfonamides is 1. The van der Waals surface area contributed by atoms with Crippen molar-refractivity contribution < 1.29 is 13.2 Å². The third-order valence-corrected chi connectivity index (χ3v) is 7.66. The highest BCUT2D eigenvalue weighted by Crippen LogP contribution is 2.25. The molecular formula is C24H28N4O3S. The molecule has 1 aliphatic heterocycles. The molecule has 0 bridgehead atoms. The van der Waals surface area contributed by atoms with Crippen LogP contribution in [0.5, 0.6) is 0 Å². The summed E-state index contributed by atoms with van der Waals surface area (Å²) in [7, 11) is -1.64. The van der Waals surface area contributed by atoms with Gasteiger partial charge in [-0.2, -0.15) is 4.31 Å². The van der Waals surface area contributed by atoms with E-state index >= 15 is 0 Å². The lowest BCUT2D eigenvalue weighted by Gasteiger charge is -2.31. The molecule has 0 spiro atoms. The molecule has 2 heterocycles. The predicted molar refractivity (Wildman–Crippen MR) is 126 cm³/mol. The van der Waals surface area contributed by atoms with Crippen molar-refractivity contribution in [3.05, 3.63) is 65.9 Å². The van der Waals surface area contributed by atoms with Crippen LogP contribution in [0.4, 0.5) is 5.69 Å². The molecule has 2 aromatic carbocycles. The topological polar surface area (TPSA) is 82.6 Å². The molecule has 0 radical (unpaired) electrons. The Morgan fingerprint density at radius 1 is 1.00 bits per heavy atom. The molecule has 3 aromatic rings. The van der Waals surface area contributed by atoms with E-state index in [4.69, 9.17) is 0 Å². The van der Waals surface area contributed by atoms with Gasteiger partial charge in [-0.05, 0) is 43.3 Å². The standard InChI is InChI=1S/C24H28N4O3S/c1-17(2)23-16-21(20-9-4-5-10-22(20)26-23)24(29)25-18-7-6-8-19(15-18)32(30,31)28-13-11-27(3)12-14-28/h4-10,15-17H,11-14H2,1-3H3,(H,25,29). The minimum atomic E-state index is -3.62. The molecule has 1 N–H and O–H groups in total. The largest absolute Gasteiger partial charge is 0.322 e. The Hall–Kier alpha value is -2.81. The summed E-state index contributed by atoms with van der Waals surface area (Å²) in [6, 6.07) is 15.8. The monoisotopic (exact) mass is 452 g/mol. The van der Waals surface area contributed by atoms with Gasteiger partial charge in [0.15, 0.2) is 0 Å². The molecule has 1 saturated heterocycles. The maximum atomic E-state index is 13.2. The number of aromatic nitrogens is 1. The van der Waals surface area contributed by atoms with Crippen molar-refractivity contribution in [2.24, 2.45) is 0 Å². The van der Waals surface area contributed by atoms with E-state index in [1.54, 1.807) is 18.2 Å². The van der Waals surface area contributed by atoms with Gasteiger partial charge in [-0.15, -0.1) is 0 Å². The number of fused-ring (bicyclic) bond motifs is 1. The van der Waals surface area contributed by atoms with Gasteiger partial charge in [0, 0.05) is 42.9 Å². The van der Waals surface area contributed by atoms with Crippen molar-refractivity contribution >= 4 is 32.5 Å². The lowest BCUT2D eigenvalue weighted by molar-refractivity contribution is 0.102. The van der Waals surface area contributed by atoms with Crippen LogP contribution in [-0.2, 0) is 10.0 Å². The van der Waals surface area contributed by atoms with Crippen LogP contribution in [0.1, 0.15) is 35.8 Å². The number of hydrogen-bond acceptors (Lipinski definition) is 5. The van der Waals surface area contributed by atoms with Gasteiger partial charge in [-0.25, -0.2) is 8.42 Å². The molecule has 8 heteroatoms. The average molecular weight is 453 g/mol. The van der Waals surface area contributed by atoms with E-state index < -0.39 is 10.0 Å². The van der Waals surface area contributed by atoms with Crippen LogP contribution in [0.15, 0.2) is 59.5 Å². The van der Waals surface area contributed by atoms with E-state index in [1.807, 2.05) is 51.2 Å². The Labute approximate surface area is 189 Å². The highest BCUT2D eigenvalue weighted by Gasteiger charge is 2.27. The molecule has 0 aliphatic carbocycles. The van der Waals surface area contributed by atoms with Crippen LogP contribution in [0.2, 0.25) is 0 Å². The number of hydrogen-bond donors (Lipinski definition) is 1. The first-order valence-corrected chi connectivity index (χ1v) is 12.2. The second kappa shape index (κ2) is 8.97. The van der Waals surface area contributed by atoms with Crippen LogP contribution in [0, 0.1) is 0 Å². The van der Waals surface area contributed by atoms with Crippen LogP contribution < -0.4 is 5.32 Å². The lowest BCUT2D eigenvalue weighted by atomic mass is 10.0. The molecule has 168 valence electrons. The van der Waals surface area contributed by atoms with Gasteiger partial charge in [-0.3, -0.25) is 9.78 Å². The molecule has 4 rings (SSSR count). The normalized spacial score (nSPS) is 15.9. The second-order valence-electron chi connectivity index (χ2n) is 8.46. The van der Waals surface area contributed by atoms with Crippen molar-refractivity contribution in [3.63, 3.8) is 0 Å². The van der Waals surface area contributed by atoms with E-state index in [0.29, 0.717) is 37.4 Å². The lowest BCUT2D eigenvalue weighted by Crippen LogP contribution is -2.47. The maximum Gasteiger partial charge on any atom is 0.256 e. The fourth-order valence-corrected chi connectivity index (χ4v) is 5.26. The molecule has 1 aliphatic rings. The van der Waals surface area contributed by atoms with Gasteiger partial charge in [0.1, 0.15) is 0 Å². The number of nitrogens with one attached hydrogen (secondary N) is 1. The van der Waals surface area contributed by atoms with E-state index in [1.165, 1.54) is 10.4 Å². The smallest absolute Gasteiger partial charge is 0.256 e. The Morgan fingerprint density at radius 2 is 1.72 bits per heavy atom. The number of anilines is 1. The number of benzene rings is 2. The average Bonchev–Trinajstić information content (AvgIpc) is 2.78. The number of amides is 1. The molecule has 32 heavy (non-hydrogen) atoms. The SMILES string of the molecule is CC(C)c1cc(C(=O)Nc2cccc(S(=O)(=O)N3CCN(C)CC3)c2)c2ccccc2n1. The van der Waals surface area contributed by atoms with Gasteiger partial charge in [0.2, 0.25) is 10.0 Å². The Kier molecular flexibility index (Phi) is 6.28. The second-order valence-corrected chi connectivity index (χ2v) is 10.4. The minimum absolute atomic E-state index is 0.170. The van der Waals surface area contributed by atoms with Gasteiger partial charge >= 0.3 is 0 Å². The summed E-state index contributed by atoms with van der Waals surface area (Å²) in [5, 5.41) is 3.64. The first-order valence-electron chi connectivity index (χ1n) is 10.8. The Morgan fingerprint density at radius 3 is 2.44 bits per heavy atom. The van der Waals surface area contributed by atoms with E-state index in [9.17, 15) is 13.2 Å². The van der Waals surface area contributed by atoms with Crippen molar-refractivity contribution in [1.82, 2.24) is 14.2 Å². The predicted octanol–water partition coefficient (Wildman–Crippen LogP) is 3.55. The summed E-state index contributed by atoms with van der Waals surface area (Å²) in [4.78, 5) is 20.1. The number of likely N-dealkylation sites (N-methyl/N-ethyl adjacent to an activating group) is 1. The van der Waals surface area contributed by atoms with Crippen molar-refractivity contribution in [2.45, 2.75) is 24.7 Å². The fraction of sp³-hybridized carbons (Fsp3) is 0.333. The molecule has 1 aromatic heterocycles. The maximum absolute atomic E-state index is 13.2. The molecule has 7 nitrogen and oxygen atoms in total. The zero-order valence-electron chi connectivity index (χ0n) is 18.6. The van der Waals surface area contributed by atoms with Crippen LogP contribution in [0.3, 0.4) is 0 Å². The molecule has 0 unspecified atom stereocenters. The molecule has 1 fully saturated rings. The number of para-hydroxylation sites is 1. The summed E-state index contributed by atoms with van der Waals surface area (Å²) in [5.74, 6) is -0.122. The number of carbonyl (C=O) groups is 1. The Bertz CT molecular complexity index is 1250.